The first-order chi connectivity index (χ1) is 13.7. The first-order valence-corrected chi connectivity index (χ1v) is 10.1. The third-order valence-corrected chi connectivity index (χ3v) is 5.69. The van der Waals surface area contributed by atoms with Crippen molar-refractivity contribution in [3.05, 3.63) is 52.6 Å². The van der Waals surface area contributed by atoms with Crippen LogP contribution in [0, 0.1) is 5.82 Å². The Balaban J connectivity index is 1.51. The number of nitrogens with zero attached hydrogens (tertiary/aromatic N) is 3. The number of aromatic nitrogens is 2. The average Bonchev–Trinajstić information content (AvgIpc) is 3.11. The van der Waals surface area contributed by atoms with Crippen molar-refractivity contribution < 1.29 is 13.9 Å². The van der Waals surface area contributed by atoms with E-state index in [1.54, 1.807) is 12.1 Å². The fourth-order valence-corrected chi connectivity index (χ4v) is 4.11. The topological polar surface area (TPSA) is 59.4 Å². The first-order valence-electron chi connectivity index (χ1n) is 10.1. The van der Waals surface area contributed by atoms with E-state index in [0.29, 0.717) is 44.1 Å². The number of amides is 1. The van der Waals surface area contributed by atoms with E-state index in [4.69, 9.17) is 4.74 Å². The molecule has 2 aliphatic rings. The van der Waals surface area contributed by atoms with Gasteiger partial charge in [0.15, 0.2) is 5.69 Å². The highest BCUT2D eigenvalue weighted by molar-refractivity contribution is 5.94. The molecule has 1 aliphatic heterocycles. The number of rotatable bonds is 5. The van der Waals surface area contributed by atoms with Crippen molar-refractivity contribution in [2.45, 2.75) is 45.3 Å². The van der Waals surface area contributed by atoms with Gasteiger partial charge in [0.1, 0.15) is 5.82 Å². The monoisotopic (exact) mass is 386 g/mol. The number of hydrogen-bond acceptors (Lipinski definition) is 4. The number of aryl methyl sites for hydroxylation is 1. The van der Waals surface area contributed by atoms with E-state index in [0.717, 1.165) is 31.4 Å². The fourth-order valence-electron chi connectivity index (χ4n) is 4.11. The second-order valence-electron chi connectivity index (χ2n) is 7.41. The van der Waals surface area contributed by atoms with Gasteiger partial charge in [-0.2, -0.15) is 5.10 Å². The van der Waals surface area contributed by atoms with Crippen LogP contribution in [0.5, 0.6) is 0 Å². The predicted octanol–water partition coefficient (Wildman–Crippen LogP) is 2.16. The van der Waals surface area contributed by atoms with E-state index in [-0.39, 0.29) is 17.8 Å². The van der Waals surface area contributed by atoms with Gasteiger partial charge in [-0.25, -0.2) is 4.39 Å². The summed E-state index contributed by atoms with van der Waals surface area (Å²) in [7, 11) is 0. The molecule has 4 rings (SSSR count). The summed E-state index contributed by atoms with van der Waals surface area (Å²) in [5, 5.41) is 8.12. The molecule has 1 aromatic carbocycles. The summed E-state index contributed by atoms with van der Waals surface area (Å²) < 4.78 is 21.2. The van der Waals surface area contributed by atoms with Gasteiger partial charge in [-0.3, -0.25) is 9.48 Å². The third kappa shape index (κ3) is 3.82. The van der Waals surface area contributed by atoms with Crippen molar-refractivity contribution in [3.8, 4) is 0 Å². The summed E-state index contributed by atoms with van der Waals surface area (Å²) >= 11 is 0. The molecule has 0 radical (unpaired) electrons. The molecule has 1 fully saturated rings. The van der Waals surface area contributed by atoms with Crippen LogP contribution in [-0.2, 0) is 30.7 Å². The Hall–Kier alpha value is -2.25. The highest BCUT2D eigenvalue weighted by Gasteiger charge is 2.31. The van der Waals surface area contributed by atoms with Crippen LogP contribution >= 0.6 is 0 Å². The molecule has 0 spiro atoms. The van der Waals surface area contributed by atoms with Crippen LogP contribution in [0.15, 0.2) is 24.3 Å². The third-order valence-electron chi connectivity index (χ3n) is 5.69. The summed E-state index contributed by atoms with van der Waals surface area (Å²) in [4.78, 5) is 14.9. The number of hydrogen-bond donors (Lipinski definition) is 1. The Morgan fingerprint density at radius 1 is 1.32 bits per heavy atom. The predicted molar refractivity (Wildman–Crippen MR) is 104 cm³/mol. The molecule has 1 aliphatic carbocycles. The molecule has 0 bridgehead atoms. The second kappa shape index (κ2) is 8.41. The number of carbonyl (C=O) groups excluding carboxylic acids is 1. The Morgan fingerprint density at radius 3 is 2.86 bits per heavy atom. The van der Waals surface area contributed by atoms with E-state index >= 15 is 0 Å². The quantitative estimate of drug-likeness (QED) is 0.856. The Kier molecular flexibility index (Phi) is 5.73. The molecular weight excluding hydrogens is 359 g/mol. The van der Waals surface area contributed by atoms with Gasteiger partial charge < -0.3 is 15.0 Å². The molecule has 2 aromatic rings. The summed E-state index contributed by atoms with van der Waals surface area (Å²) in [5.41, 5.74) is 3.47. The van der Waals surface area contributed by atoms with Crippen LogP contribution in [0.3, 0.4) is 0 Å². The number of ether oxygens (including phenoxy) is 1. The minimum atomic E-state index is -0.187. The van der Waals surface area contributed by atoms with Crippen molar-refractivity contribution in [1.29, 1.82) is 0 Å². The van der Waals surface area contributed by atoms with Crippen LogP contribution in [0.25, 0.3) is 0 Å². The maximum absolute atomic E-state index is 13.9. The number of fused-ring (bicyclic) bond motifs is 1. The van der Waals surface area contributed by atoms with E-state index in [9.17, 15) is 9.18 Å². The molecule has 150 valence electrons. The number of benzene rings is 1. The minimum absolute atomic E-state index is 0.00139. The van der Waals surface area contributed by atoms with E-state index in [1.165, 1.54) is 11.8 Å². The lowest BCUT2D eigenvalue weighted by atomic mass is 9.91. The van der Waals surface area contributed by atoms with Crippen molar-refractivity contribution in [2.75, 3.05) is 26.3 Å². The molecule has 1 amide bonds. The van der Waals surface area contributed by atoms with Gasteiger partial charge in [0, 0.05) is 49.0 Å². The summed E-state index contributed by atoms with van der Waals surface area (Å²) in [6, 6.07) is 7.05. The standard InChI is InChI=1S/C21H27FN4O2/c1-2-26-19-8-7-16(23-14-15-5-3-4-6-18(15)22)13-17(19)20(24-26)21(27)25-9-11-28-12-10-25/h3-6,16,23H,2,7-14H2,1H3/t16-/m0/s1. The lowest BCUT2D eigenvalue weighted by Crippen LogP contribution is -2.41. The largest absolute Gasteiger partial charge is 0.378 e. The highest BCUT2D eigenvalue weighted by atomic mass is 19.1. The summed E-state index contributed by atoms with van der Waals surface area (Å²) in [5.74, 6) is -0.185. The zero-order valence-electron chi connectivity index (χ0n) is 16.3. The minimum Gasteiger partial charge on any atom is -0.378 e. The van der Waals surface area contributed by atoms with Crippen LogP contribution in [0.2, 0.25) is 0 Å². The van der Waals surface area contributed by atoms with Gasteiger partial charge in [-0.15, -0.1) is 0 Å². The van der Waals surface area contributed by atoms with Crippen molar-refractivity contribution in [2.24, 2.45) is 0 Å². The lowest BCUT2D eigenvalue weighted by molar-refractivity contribution is 0.0297. The van der Waals surface area contributed by atoms with Crippen molar-refractivity contribution in [3.63, 3.8) is 0 Å². The molecule has 28 heavy (non-hydrogen) atoms. The molecule has 0 saturated carbocycles. The van der Waals surface area contributed by atoms with Gasteiger partial charge in [-0.05, 0) is 32.3 Å². The van der Waals surface area contributed by atoms with E-state index in [2.05, 4.69) is 17.3 Å². The van der Waals surface area contributed by atoms with Gasteiger partial charge in [0.2, 0.25) is 0 Å². The lowest BCUT2D eigenvalue weighted by Gasteiger charge is -2.28. The zero-order valence-corrected chi connectivity index (χ0v) is 16.3. The smallest absolute Gasteiger partial charge is 0.274 e. The number of halogens is 1. The Labute approximate surface area is 164 Å². The average molecular weight is 386 g/mol. The molecule has 6 nitrogen and oxygen atoms in total. The molecule has 1 saturated heterocycles. The normalized spacial score (nSPS) is 19.5. The van der Waals surface area contributed by atoms with E-state index in [1.807, 2.05) is 15.6 Å². The van der Waals surface area contributed by atoms with Crippen molar-refractivity contribution in [1.82, 2.24) is 20.0 Å². The maximum Gasteiger partial charge on any atom is 0.274 e. The van der Waals surface area contributed by atoms with Gasteiger partial charge in [-0.1, -0.05) is 18.2 Å². The van der Waals surface area contributed by atoms with Gasteiger partial charge in [0.05, 0.1) is 13.2 Å². The number of nitrogens with one attached hydrogen (secondary N) is 1. The Morgan fingerprint density at radius 2 is 2.11 bits per heavy atom. The Bertz CT molecular complexity index is 845. The van der Waals surface area contributed by atoms with Crippen LogP contribution < -0.4 is 5.32 Å². The van der Waals surface area contributed by atoms with Crippen LogP contribution in [0.1, 0.15) is 40.7 Å². The van der Waals surface area contributed by atoms with Gasteiger partial charge in [0.25, 0.3) is 5.91 Å². The molecular formula is C21H27FN4O2. The van der Waals surface area contributed by atoms with Crippen LogP contribution in [0.4, 0.5) is 4.39 Å². The molecule has 7 heteroatoms. The number of carbonyl (C=O) groups is 1. The molecule has 2 heterocycles. The molecule has 1 aromatic heterocycles. The maximum atomic E-state index is 13.9. The summed E-state index contributed by atoms with van der Waals surface area (Å²) in [6.07, 6.45) is 2.58. The molecule has 1 N–H and O–H groups in total. The van der Waals surface area contributed by atoms with Gasteiger partial charge >= 0.3 is 0 Å². The summed E-state index contributed by atoms with van der Waals surface area (Å²) in [6.45, 7) is 5.68. The van der Waals surface area contributed by atoms with Crippen molar-refractivity contribution >= 4 is 5.91 Å². The zero-order chi connectivity index (χ0) is 19.5. The SMILES string of the molecule is CCn1nc(C(=O)N2CCOCC2)c2c1CC[C@H](NCc1ccccc1F)C2. The van der Waals surface area contributed by atoms with Crippen LogP contribution in [-0.4, -0.2) is 52.9 Å². The first kappa shape index (κ1) is 19.1. The molecule has 1 atom stereocenters. The molecule has 0 unspecified atom stereocenters. The second-order valence-corrected chi connectivity index (χ2v) is 7.41. The fraction of sp³-hybridized carbons (Fsp3) is 0.524. The number of morpholine rings is 1. The highest BCUT2D eigenvalue weighted by Crippen LogP contribution is 2.26. The van der Waals surface area contributed by atoms with E-state index < -0.39 is 0 Å².